The highest BCUT2D eigenvalue weighted by atomic mass is 16.2. The lowest BCUT2D eigenvalue weighted by Gasteiger charge is -2.33. The zero-order valence-corrected chi connectivity index (χ0v) is 16.5. The number of carbonyl (C=O) groups excluding carboxylic acids is 1. The summed E-state index contributed by atoms with van der Waals surface area (Å²) in [5, 5.41) is 0. The van der Waals surface area contributed by atoms with Gasteiger partial charge in [-0.25, -0.2) is 4.98 Å². The van der Waals surface area contributed by atoms with Crippen molar-refractivity contribution in [1.29, 1.82) is 0 Å². The Morgan fingerprint density at radius 3 is 2.52 bits per heavy atom. The Hall–Kier alpha value is -2.30. The summed E-state index contributed by atoms with van der Waals surface area (Å²) in [6.07, 6.45) is 8.60. The highest BCUT2D eigenvalue weighted by Gasteiger charge is 2.28. The minimum atomic E-state index is 0.148. The highest BCUT2D eigenvalue weighted by Crippen LogP contribution is 2.29. The quantitative estimate of drug-likeness (QED) is 0.819. The van der Waals surface area contributed by atoms with Crippen LogP contribution in [0.3, 0.4) is 0 Å². The third-order valence-corrected chi connectivity index (χ3v) is 5.91. The van der Waals surface area contributed by atoms with Crippen molar-refractivity contribution in [1.82, 2.24) is 14.5 Å². The van der Waals surface area contributed by atoms with Crippen molar-refractivity contribution in [2.24, 2.45) is 0 Å². The van der Waals surface area contributed by atoms with E-state index in [4.69, 9.17) is 0 Å². The zero-order valence-electron chi connectivity index (χ0n) is 16.5. The van der Waals surface area contributed by atoms with Gasteiger partial charge in [0, 0.05) is 61.8 Å². The lowest BCUT2D eigenvalue weighted by molar-refractivity contribution is 0.0703. The number of hydrogen-bond donors (Lipinski definition) is 0. The van der Waals surface area contributed by atoms with E-state index < -0.39 is 0 Å². The summed E-state index contributed by atoms with van der Waals surface area (Å²) >= 11 is 0. The Morgan fingerprint density at radius 1 is 1.07 bits per heavy atom. The molecule has 1 amide bonds. The average Bonchev–Trinajstić information content (AvgIpc) is 3.39. The number of rotatable bonds is 4. The maximum absolute atomic E-state index is 13.1. The normalized spacial score (nSPS) is 20.5. The van der Waals surface area contributed by atoms with Gasteiger partial charge in [0.1, 0.15) is 5.82 Å². The summed E-state index contributed by atoms with van der Waals surface area (Å²) < 4.78 is 2.24. The van der Waals surface area contributed by atoms with Crippen molar-refractivity contribution >= 4 is 11.6 Å². The summed E-state index contributed by atoms with van der Waals surface area (Å²) in [5.74, 6) is 1.59. The standard InChI is InChI=1S/C22H30N4O/c1-17(2)26-15-11-23-21(26)19-6-5-14-25(16-19)22(27)18-7-9-20(10-8-18)24-12-3-4-13-24/h7-11,15,17,19H,3-6,12-14,16H2,1-2H3. The topological polar surface area (TPSA) is 41.4 Å². The Labute approximate surface area is 162 Å². The first kappa shape index (κ1) is 18.1. The Kier molecular flexibility index (Phi) is 5.19. The lowest BCUT2D eigenvalue weighted by atomic mass is 9.96. The predicted octanol–water partition coefficient (Wildman–Crippen LogP) is 4.08. The monoisotopic (exact) mass is 366 g/mol. The summed E-state index contributed by atoms with van der Waals surface area (Å²) in [7, 11) is 0. The zero-order chi connectivity index (χ0) is 18.8. The fourth-order valence-corrected chi connectivity index (χ4v) is 4.42. The summed E-state index contributed by atoms with van der Waals surface area (Å²) in [4.78, 5) is 22.1. The molecule has 2 fully saturated rings. The Bertz CT molecular complexity index is 774. The third kappa shape index (κ3) is 3.73. The van der Waals surface area contributed by atoms with Gasteiger partial charge in [-0.2, -0.15) is 0 Å². The van der Waals surface area contributed by atoms with Crippen molar-refractivity contribution < 1.29 is 4.79 Å². The molecule has 144 valence electrons. The molecule has 0 aliphatic carbocycles. The van der Waals surface area contributed by atoms with Crippen LogP contribution in [0.2, 0.25) is 0 Å². The van der Waals surface area contributed by atoms with Crippen molar-refractivity contribution in [3.8, 4) is 0 Å². The molecular weight excluding hydrogens is 336 g/mol. The molecule has 1 atom stereocenters. The molecule has 3 heterocycles. The number of benzene rings is 1. The molecule has 0 N–H and O–H groups in total. The van der Waals surface area contributed by atoms with Gasteiger partial charge in [0.15, 0.2) is 0 Å². The number of nitrogens with zero attached hydrogens (tertiary/aromatic N) is 4. The largest absolute Gasteiger partial charge is 0.372 e. The maximum Gasteiger partial charge on any atom is 0.253 e. The Morgan fingerprint density at radius 2 is 1.81 bits per heavy atom. The van der Waals surface area contributed by atoms with Gasteiger partial charge in [0.05, 0.1) is 0 Å². The first-order valence-electron chi connectivity index (χ1n) is 10.3. The van der Waals surface area contributed by atoms with Crippen LogP contribution >= 0.6 is 0 Å². The molecule has 2 aliphatic rings. The maximum atomic E-state index is 13.1. The summed E-state index contributed by atoms with van der Waals surface area (Å²) in [6.45, 7) is 8.22. The van der Waals surface area contributed by atoms with Crippen LogP contribution in [-0.2, 0) is 0 Å². The van der Waals surface area contributed by atoms with Crippen molar-refractivity contribution in [3.05, 3.63) is 48.0 Å². The predicted molar refractivity (Wildman–Crippen MR) is 108 cm³/mol. The minimum absolute atomic E-state index is 0.148. The van der Waals surface area contributed by atoms with E-state index in [1.807, 2.05) is 23.2 Å². The molecule has 0 saturated carbocycles. The number of carbonyl (C=O) groups is 1. The van der Waals surface area contributed by atoms with Gasteiger partial charge in [-0.15, -0.1) is 0 Å². The molecule has 2 saturated heterocycles. The van der Waals surface area contributed by atoms with Crippen LogP contribution in [0.15, 0.2) is 36.7 Å². The first-order valence-corrected chi connectivity index (χ1v) is 10.3. The number of aromatic nitrogens is 2. The molecule has 4 rings (SSSR count). The number of amides is 1. The van der Waals surface area contributed by atoms with Crippen molar-refractivity contribution in [3.63, 3.8) is 0 Å². The molecule has 1 unspecified atom stereocenters. The SMILES string of the molecule is CC(C)n1ccnc1C1CCCN(C(=O)c2ccc(N3CCCC3)cc2)C1. The van der Waals surface area contributed by atoms with E-state index in [1.54, 1.807) is 0 Å². The molecule has 1 aromatic carbocycles. The van der Waals surface area contributed by atoms with E-state index in [-0.39, 0.29) is 5.91 Å². The van der Waals surface area contributed by atoms with E-state index in [1.165, 1.54) is 18.5 Å². The van der Waals surface area contributed by atoms with Crippen molar-refractivity contribution in [2.45, 2.75) is 51.5 Å². The van der Waals surface area contributed by atoms with Crippen LogP contribution in [0, 0.1) is 0 Å². The molecule has 27 heavy (non-hydrogen) atoms. The van der Waals surface area contributed by atoms with E-state index in [2.05, 4.69) is 46.6 Å². The average molecular weight is 367 g/mol. The van der Waals surface area contributed by atoms with E-state index >= 15 is 0 Å². The molecule has 0 radical (unpaired) electrons. The van der Waals surface area contributed by atoms with Gasteiger partial charge in [-0.1, -0.05) is 0 Å². The number of anilines is 1. The van der Waals surface area contributed by atoms with Gasteiger partial charge in [0.2, 0.25) is 0 Å². The summed E-state index contributed by atoms with van der Waals surface area (Å²) in [5.41, 5.74) is 2.03. The van der Waals surface area contributed by atoms with Gasteiger partial charge >= 0.3 is 0 Å². The molecule has 5 heteroatoms. The van der Waals surface area contributed by atoms with E-state index in [0.717, 1.165) is 50.4 Å². The van der Waals surface area contributed by atoms with E-state index in [9.17, 15) is 4.79 Å². The minimum Gasteiger partial charge on any atom is -0.372 e. The fraction of sp³-hybridized carbons (Fsp3) is 0.545. The van der Waals surface area contributed by atoms with Crippen LogP contribution in [0.25, 0.3) is 0 Å². The number of piperidine rings is 1. The third-order valence-electron chi connectivity index (χ3n) is 5.91. The number of hydrogen-bond acceptors (Lipinski definition) is 3. The van der Waals surface area contributed by atoms with Gasteiger partial charge < -0.3 is 14.4 Å². The first-order chi connectivity index (χ1) is 13.1. The van der Waals surface area contributed by atoms with Crippen LogP contribution in [0.5, 0.6) is 0 Å². The molecule has 2 aliphatic heterocycles. The van der Waals surface area contributed by atoms with Gasteiger partial charge in [0.25, 0.3) is 5.91 Å². The highest BCUT2D eigenvalue weighted by molar-refractivity contribution is 5.94. The second kappa shape index (κ2) is 7.75. The molecule has 0 spiro atoms. The molecule has 5 nitrogen and oxygen atoms in total. The smallest absolute Gasteiger partial charge is 0.253 e. The van der Waals surface area contributed by atoms with Crippen LogP contribution < -0.4 is 4.90 Å². The molecule has 1 aromatic heterocycles. The second-order valence-corrected chi connectivity index (χ2v) is 8.12. The molecule has 0 bridgehead atoms. The number of likely N-dealkylation sites (tertiary alicyclic amines) is 1. The van der Waals surface area contributed by atoms with Crippen LogP contribution in [0.4, 0.5) is 5.69 Å². The lowest BCUT2D eigenvalue weighted by Crippen LogP contribution is -2.39. The second-order valence-electron chi connectivity index (χ2n) is 8.12. The summed E-state index contributed by atoms with van der Waals surface area (Å²) in [6, 6.07) is 8.59. The van der Waals surface area contributed by atoms with Crippen molar-refractivity contribution in [2.75, 3.05) is 31.1 Å². The van der Waals surface area contributed by atoms with Crippen LogP contribution in [-0.4, -0.2) is 46.5 Å². The van der Waals surface area contributed by atoms with Gasteiger partial charge in [-0.3, -0.25) is 4.79 Å². The van der Waals surface area contributed by atoms with Gasteiger partial charge in [-0.05, 0) is 63.8 Å². The Balaban J connectivity index is 1.46. The number of imidazole rings is 1. The van der Waals surface area contributed by atoms with E-state index in [0.29, 0.717) is 12.0 Å². The molecule has 2 aromatic rings. The van der Waals surface area contributed by atoms with Crippen LogP contribution in [0.1, 0.15) is 67.7 Å². The fourth-order valence-electron chi connectivity index (χ4n) is 4.42. The molecular formula is C22H30N4O.